The molecule has 1 aliphatic heterocycles. The maximum atomic E-state index is 5.72. The fourth-order valence-corrected chi connectivity index (χ4v) is 3.44. The van der Waals surface area contributed by atoms with Gasteiger partial charge in [0.2, 0.25) is 0 Å². The normalized spacial score (nSPS) is 24.2. The van der Waals surface area contributed by atoms with E-state index in [9.17, 15) is 0 Å². The molecule has 0 bridgehead atoms. The van der Waals surface area contributed by atoms with Crippen LogP contribution in [0.3, 0.4) is 0 Å². The Labute approximate surface area is 122 Å². The van der Waals surface area contributed by atoms with Gasteiger partial charge in [0.25, 0.3) is 0 Å². The number of likely N-dealkylation sites (tertiary alicyclic amines) is 1. The monoisotopic (exact) mass is 273 g/mol. The summed E-state index contributed by atoms with van der Waals surface area (Å²) in [5.41, 5.74) is 7.18. The zero-order valence-corrected chi connectivity index (χ0v) is 12.4. The summed E-state index contributed by atoms with van der Waals surface area (Å²) in [6.07, 6.45) is 5.45. The zero-order valence-electron chi connectivity index (χ0n) is 12.4. The van der Waals surface area contributed by atoms with E-state index in [-0.39, 0.29) is 0 Å². The van der Waals surface area contributed by atoms with E-state index in [1.165, 1.54) is 44.3 Å². The average molecular weight is 273 g/mol. The van der Waals surface area contributed by atoms with Crippen molar-refractivity contribution in [2.24, 2.45) is 5.73 Å². The van der Waals surface area contributed by atoms with Gasteiger partial charge in [0, 0.05) is 38.3 Å². The lowest BCUT2D eigenvalue weighted by Gasteiger charge is -2.39. The van der Waals surface area contributed by atoms with Crippen molar-refractivity contribution in [2.75, 3.05) is 26.2 Å². The molecule has 1 atom stereocenters. The van der Waals surface area contributed by atoms with Gasteiger partial charge in [0.1, 0.15) is 0 Å². The molecule has 1 heterocycles. The molecule has 110 valence electrons. The van der Waals surface area contributed by atoms with Crippen LogP contribution < -0.4 is 5.73 Å². The second kappa shape index (κ2) is 6.70. The van der Waals surface area contributed by atoms with Crippen LogP contribution in [-0.4, -0.2) is 48.1 Å². The van der Waals surface area contributed by atoms with E-state index in [1.54, 1.807) is 0 Å². The molecule has 2 N–H and O–H groups in total. The van der Waals surface area contributed by atoms with Crippen molar-refractivity contribution in [1.82, 2.24) is 9.80 Å². The first-order valence-electron chi connectivity index (χ1n) is 8.09. The Hall–Kier alpha value is -0.900. The van der Waals surface area contributed by atoms with E-state index in [4.69, 9.17) is 5.73 Å². The maximum Gasteiger partial charge on any atom is 0.0240 e. The fourth-order valence-electron chi connectivity index (χ4n) is 3.44. The Morgan fingerprint density at radius 1 is 1.10 bits per heavy atom. The molecule has 2 aliphatic rings. The standard InChI is InChI=1S/C17H27N3/c18-10-12-19-11-4-7-17(14-19)20(16-8-9-16)13-15-5-2-1-3-6-15/h1-3,5-6,16-17H,4,7-14,18H2/t17-/m1/s1. The smallest absolute Gasteiger partial charge is 0.0240 e. The van der Waals surface area contributed by atoms with Crippen molar-refractivity contribution < 1.29 is 0 Å². The van der Waals surface area contributed by atoms with Crippen molar-refractivity contribution in [3.63, 3.8) is 0 Å². The molecule has 1 aromatic carbocycles. The first kappa shape index (κ1) is 14.1. The molecule has 0 spiro atoms. The van der Waals surface area contributed by atoms with Gasteiger partial charge in [0.15, 0.2) is 0 Å². The van der Waals surface area contributed by atoms with E-state index in [2.05, 4.69) is 40.1 Å². The van der Waals surface area contributed by atoms with Crippen LogP contribution in [0, 0.1) is 0 Å². The number of rotatable bonds is 6. The van der Waals surface area contributed by atoms with Gasteiger partial charge in [-0.05, 0) is 37.8 Å². The molecule has 1 aromatic rings. The molecule has 3 heteroatoms. The molecule has 1 aliphatic carbocycles. The number of benzene rings is 1. The molecule has 3 rings (SSSR count). The Balaban J connectivity index is 1.64. The summed E-state index contributed by atoms with van der Waals surface area (Å²) in [6, 6.07) is 12.5. The van der Waals surface area contributed by atoms with Crippen molar-refractivity contribution in [3.8, 4) is 0 Å². The highest BCUT2D eigenvalue weighted by Gasteiger charge is 2.35. The van der Waals surface area contributed by atoms with Gasteiger partial charge < -0.3 is 10.6 Å². The van der Waals surface area contributed by atoms with E-state index in [1.807, 2.05) is 0 Å². The summed E-state index contributed by atoms with van der Waals surface area (Å²) < 4.78 is 0. The van der Waals surface area contributed by atoms with Crippen molar-refractivity contribution in [2.45, 2.75) is 44.3 Å². The highest BCUT2D eigenvalue weighted by molar-refractivity contribution is 5.15. The molecule has 20 heavy (non-hydrogen) atoms. The second-order valence-corrected chi connectivity index (χ2v) is 6.27. The third kappa shape index (κ3) is 3.60. The molecule has 0 aromatic heterocycles. The third-order valence-electron chi connectivity index (χ3n) is 4.62. The SMILES string of the molecule is NCCN1CCC[C@@H](N(Cc2ccccc2)C2CC2)C1. The lowest BCUT2D eigenvalue weighted by Crippen LogP contribution is -2.49. The van der Waals surface area contributed by atoms with Crippen molar-refractivity contribution in [3.05, 3.63) is 35.9 Å². The Morgan fingerprint density at radius 3 is 2.60 bits per heavy atom. The number of piperidine rings is 1. The number of hydrogen-bond donors (Lipinski definition) is 1. The molecule has 1 saturated carbocycles. The Kier molecular flexibility index (Phi) is 4.71. The van der Waals surface area contributed by atoms with Gasteiger partial charge in [0.05, 0.1) is 0 Å². The highest BCUT2D eigenvalue weighted by Crippen LogP contribution is 2.32. The molecule has 0 radical (unpaired) electrons. The molecule has 0 amide bonds. The van der Waals surface area contributed by atoms with Gasteiger partial charge in [-0.15, -0.1) is 0 Å². The predicted molar refractivity (Wildman–Crippen MR) is 83.5 cm³/mol. The van der Waals surface area contributed by atoms with Crippen LogP contribution in [0.4, 0.5) is 0 Å². The topological polar surface area (TPSA) is 32.5 Å². The molecular weight excluding hydrogens is 246 g/mol. The van der Waals surface area contributed by atoms with Crippen LogP contribution in [0.2, 0.25) is 0 Å². The molecule has 3 nitrogen and oxygen atoms in total. The van der Waals surface area contributed by atoms with Crippen molar-refractivity contribution in [1.29, 1.82) is 0 Å². The third-order valence-corrected chi connectivity index (χ3v) is 4.62. The highest BCUT2D eigenvalue weighted by atomic mass is 15.3. The van der Waals surface area contributed by atoms with Crippen LogP contribution in [0.1, 0.15) is 31.2 Å². The Bertz CT molecular complexity index is 400. The van der Waals surface area contributed by atoms with Gasteiger partial charge in [-0.3, -0.25) is 4.90 Å². The number of nitrogens with two attached hydrogens (primary N) is 1. The van der Waals surface area contributed by atoms with E-state index in [0.717, 1.165) is 31.7 Å². The van der Waals surface area contributed by atoms with Crippen LogP contribution >= 0.6 is 0 Å². The molecule has 1 saturated heterocycles. The number of nitrogens with zero attached hydrogens (tertiary/aromatic N) is 2. The largest absolute Gasteiger partial charge is 0.329 e. The lowest BCUT2D eigenvalue weighted by molar-refractivity contribution is 0.0872. The summed E-state index contributed by atoms with van der Waals surface area (Å²) in [4.78, 5) is 5.31. The van der Waals surface area contributed by atoms with Crippen molar-refractivity contribution >= 4 is 0 Å². The van der Waals surface area contributed by atoms with Gasteiger partial charge in [-0.2, -0.15) is 0 Å². The fraction of sp³-hybridized carbons (Fsp3) is 0.647. The summed E-state index contributed by atoms with van der Waals surface area (Å²) in [7, 11) is 0. The first-order chi connectivity index (χ1) is 9.86. The van der Waals surface area contributed by atoms with E-state index >= 15 is 0 Å². The summed E-state index contributed by atoms with van der Waals surface area (Å²) >= 11 is 0. The average Bonchev–Trinajstić information content (AvgIpc) is 3.31. The maximum absolute atomic E-state index is 5.72. The minimum absolute atomic E-state index is 0.725. The van der Waals surface area contributed by atoms with Crippen LogP contribution in [0.15, 0.2) is 30.3 Å². The van der Waals surface area contributed by atoms with Crippen LogP contribution in [0.25, 0.3) is 0 Å². The lowest BCUT2D eigenvalue weighted by atomic mass is 10.0. The van der Waals surface area contributed by atoms with Crippen LogP contribution in [0.5, 0.6) is 0 Å². The van der Waals surface area contributed by atoms with Gasteiger partial charge in [-0.25, -0.2) is 0 Å². The zero-order chi connectivity index (χ0) is 13.8. The predicted octanol–water partition coefficient (Wildman–Crippen LogP) is 2.07. The van der Waals surface area contributed by atoms with Gasteiger partial charge in [-0.1, -0.05) is 30.3 Å². The summed E-state index contributed by atoms with van der Waals surface area (Å²) in [5, 5.41) is 0. The quantitative estimate of drug-likeness (QED) is 0.861. The molecule has 0 unspecified atom stereocenters. The summed E-state index contributed by atoms with van der Waals surface area (Å²) in [6.45, 7) is 5.40. The molecular formula is C17H27N3. The van der Waals surface area contributed by atoms with Gasteiger partial charge >= 0.3 is 0 Å². The minimum atomic E-state index is 0.725. The van der Waals surface area contributed by atoms with Crippen LogP contribution in [-0.2, 0) is 6.54 Å². The van der Waals surface area contributed by atoms with E-state index in [0.29, 0.717) is 0 Å². The first-order valence-corrected chi connectivity index (χ1v) is 8.09. The van der Waals surface area contributed by atoms with E-state index < -0.39 is 0 Å². The number of hydrogen-bond acceptors (Lipinski definition) is 3. The second-order valence-electron chi connectivity index (χ2n) is 6.27. The summed E-state index contributed by atoms with van der Waals surface area (Å²) in [5.74, 6) is 0. The Morgan fingerprint density at radius 2 is 1.90 bits per heavy atom. The minimum Gasteiger partial charge on any atom is -0.329 e. The molecule has 2 fully saturated rings.